The normalized spacial score (nSPS) is 27.0. The molecule has 1 amide bonds. The molecule has 1 N–H and O–H groups in total. The summed E-state index contributed by atoms with van der Waals surface area (Å²) in [5.41, 5.74) is 1.22. The molecule has 0 aromatic carbocycles. The van der Waals surface area contributed by atoms with Gasteiger partial charge in [0.15, 0.2) is 0 Å². The molecule has 0 spiro atoms. The van der Waals surface area contributed by atoms with Crippen LogP contribution in [-0.4, -0.2) is 41.6 Å². The van der Waals surface area contributed by atoms with E-state index >= 15 is 0 Å². The van der Waals surface area contributed by atoms with E-state index in [4.69, 9.17) is 0 Å². The van der Waals surface area contributed by atoms with Gasteiger partial charge in [-0.25, -0.2) is 0 Å². The van der Waals surface area contributed by atoms with Crippen LogP contribution in [0.5, 0.6) is 0 Å². The second-order valence-corrected chi connectivity index (χ2v) is 6.97. The van der Waals surface area contributed by atoms with Crippen molar-refractivity contribution in [2.75, 3.05) is 26.2 Å². The van der Waals surface area contributed by atoms with Crippen molar-refractivity contribution in [3.8, 4) is 0 Å². The van der Waals surface area contributed by atoms with Gasteiger partial charge in [0.25, 0.3) is 5.56 Å². The Morgan fingerprint density at radius 3 is 2.70 bits per heavy atom. The average molecular weight is 338 g/mol. The number of hydrogen-bond donors (Lipinski definition) is 1. The molecule has 4 rings (SSSR count). The third-order valence-corrected chi connectivity index (χ3v) is 5.48. The van der Waals surface area contributed by atoms with Gasteiger partial charge in [0.2, 0.25) is 5.91 Å². The number of carbonyl (C=O) groups is 1. The minimum atomic E-state index is 0. The molecular formula is C17H24ClN3O2. The first-order chi connectivity index (χ1) is 10.7. The third kappa shape index (κ3) is 3.04. The van der Waals surface area contributed by atoms with Crippen molar-refractivity contribution in [3.05, 3.63) is 34.2 Å². The minimum Gasteiger partial charge on any atom is -0.341 e. The molecule has 0 aliphatic carbocycles. The van der Waals surface area contributed by atoms with Gasteiger partial charge in [0, 0.05) is 43.2 Å². The molecule has 2 atom stereocenters. The maximum absolute atomic E-state index is 12.8. The molecule has 2 bridgehead atoms. The van der Waals surface area contributed by atoms with Gasteiger partial charge in [0.05, 0.1) is 0 Å². The second-order valence-electron chi connectivity index (χ2n) is 6.97. The Morgan fingerprint density at radius 2 is 1.91 bits per heavy atom. The maximum Gasteiger partial charge on any atom is 0.250 e. The lowest BCUT2D eigenvalue weighted by atomic mass is 9.82. The van der Waals surface area contributed by atoms with E-state index in [1.165, 1.54) is 0 Å². The van der Waals surface area contributed by atoms with E-state index in [1.807, 2.05) is 10.6 Å². The van der Waals surface area contributed by atoms with Crippen LogP contribution in [0.2, 0.25) is 0 Å². The van der Waals surface area contributed by atoms with E-state index in [9.17, 15) is 9.59 Å². The molecule has 2 saturated heterocycles. The zero-order chi connectivity index (χ0) is 15.1. The van der Waals surface area contributed by atoms with Crippen molar-refractivity contribution in [2.24, 2.45) is 11.8 Å². The number of amides is 1. The molecule has 1 aromatic heterocycles. The summed E-state index contributed by atoms with van der Waals surface area (Å²) in [7, 11) is 0. The van der Waals surface area contributed by atoms with Gasteiger partial charge in [-0.3, -0.25) is 9.59 Å². The number of nitrogens with one attached hydrogen (secondary N) is 1. The summed E-state index contributed by atoms with van der Waals surface area (Å²) in [6, 6.07) is 5.55. The van der Waals surface area contributed by atoms with Crippen molar-refractivity contribution in [2.45, 2.75) is 31.7 Å². The van der Waals surface area contributed by atoms with Gasteiger partial charge in [0.1, 0.15) is 0 Å². The predicted molar refractivity (Wildman–Crippen MR) is 91.0 cm³/mol. The van der Waals surface area contributed by atoms with Crippen molar-refractivity contribution in [1.82, 2.24) is 14.8 Å². The maximum atomic E-state index is 12.8. The summed E-state index contributed by atoms with van der Waals surface area (Å²) in [5, 5.41) is 3.32. The van der Waals surface area contributed by atoms with E-state index in [-0.39, 0.29) is 23.9 Å². The summed E-state index contributed by atoms with van der Waals surface area (Å²) < 4.78 is 1.92. The highest BCUT2D eigenvalue weighted by Crippen LogP contribution is 2.35. The second kappa shape index (κ2) is 6.65. The fourth-order valence-corrected chi connectivity index (χ4v) is 4.40. The lowest BCUT2D eigenvalue weighted by molar-refractivity contribution is -0.139. The Bertz CT molecular complexity index is 639. The fraction of sp³-hybridized carbons (Fsp3) is 0.647. The van der Waals surface area contributed by atoms with E-state index in [1.54, 1.807) is 6.07 Å². The van der Waals surface area contributed by atoms with E-state index in [2.05, 4.69) is 16.3 Å². The number of nitrogens with zero attached hydrogens (tertiary/aromatic N) is 2. The molecule has 1 aromatic rings. The van der Waals surface area contributed by atoms with Crippen LogP contribution < -0.4 is 10.9 Å². The monoisotopic (exact) mass is 337 g/mol. The Balaban J connectivity index is 0.00000156. The van der Waals surface area contributed by atoms with E-state index in [0.29, 0.717) is 17.7 Å². The molecule has 0 radical (unpaired) electrons. The third-order valence-electron chi connectivity index (χ3n) is 5.48. The molecule has 6 heteroatoms. The first-order valence-electron chi connectivity index (χ1n) is 8.41. The lowest BCUT2D eigenvalue weighted by Gasteiger charge is -2.44. The average Bonchev–Trinajstić information content (AvgIpc) is 2.56. The summed E-state index contributed by atoms with van der Waals surface area (Å²) in [6.45, 7) is 4.27. The largest absolute Gasteiger partial charge is 0.341 e. The highest BCUT2D eigenvalue weighted by atomic mass is 35.5. The Kier molecular flexibility index (Phi) is 4.78. The first kappa shape index (κ1) is 16.5. The summed E-state index contributed by atoms with van der Waals surface area (Å²) in [5.74, 6) is 1.28. The van der Waals surface area contributed by atoms with Crippen molar-refractivity contribution in [1.29, 1.82) is 0 Å². The van der Waals surface area contributed by atoms with Gasteiger partial charge in [-0.2, -0.15) is 0 Å². The molecule has 3 aliphatic heterocycles. The number of piperidine rings is 2. The van der Waals surface area contributed by atoms with Crippen LogP contribution in [0.4, 0.5) is 0 Å². The van der Waals surface area contributed by atoms with Crippen molar-refractivity contribution in [3.63, 3.8) is 0 Å². The van der Waals surface area contributed by atoms with E-state index < -0.39 is 0 Å². The quantitative estimate of drug-likeness (QED) is 0.838. The van der Waals surface area contributed by atoms with Gasteiger partial charge in [-0.1, -0.05) is 6.07 Å². The summed E-state index contributed by atoms with van der Waals surface area (Å²) >= 11 is 0. The van der Waals surface area contributed by atoms with Gasteiger partial charge >= 0.3 is 0 Å². The molecule has 5 nitrogen and oxygen atoms in total. The minimum absolute atomic E-state index is 0. The first-order valence-corrected chi connectivity index (χ1v) is 8.41. The molecule has 3 aliphatic rings. The zero-order valence-corrected chi connectivity index (χ0v) is 14.1. The Morgan fingerprint density at radius 1 is 1.13 bits per heavy atom. The van der Waals surface area contributed by atoms with Crippen LogP contribution in [0.3, 0.4) is 0 Å². The van der Waals surface area contributed by atoms with Crippen LogP contribution in [0.1, 0.15) is 30.9 Å². The highest BCUT2D eigenvalue weighted by Gasteiger charge is 2.37. The van der Waals surface area contributed by atoms with Gasteiger partial charge in [-0.05, 0) is 44.3 Å². The Labute approximate surface area is 142 Å². The lowest BCUT2D eigenvalue weighted by Crippen LogP contribution is -2.51. The van der Waals surface area contributed by atoms with Crippen LogP contribution in [-0.2, 0) is 11.3 Å². The van der Waals surface area contributed by atoms with Crippen LogP contribution in [0.25, 0.3) is 0 Å². The predicted octanol–water partition coefficient (Wildman–Crippen LogP) is 1.22. The molecular weight excluding hydrogens is 314 g/mol. The number of fused-ring (bicyclic) bond motifs is 4. The number of pyridine rings is 1. The van der Waals surface area contributed by atoms with Gasteiger partial charge in [-0.15, -0.1) is 12.4 Å². The number of halogens is 1. The molecule has 0 unspecified atom stereocenters. The zero-order valence-electron chi connectivity index (χ0n) is 13.2. The molecule has 23 heavy (non-hydrogen) atoms. The summed E-state index contributed by atoms with van der Waals surface area (Å²) in [4.78, 5) is 26.9. The number of hydrogen-bond acceptors (Lipinski definition) is 3. The molecule has 4 heterocycles. The number of carbonyl (C=O) groups excluding carboxylic acids is 1. The fourth-order valence-electron chi connectivity index (χ4n) is 4.40. The van der Waals surface area contributed by atoms with Crippen LogP contribution >= 0.6 is 12.4 Å². The Hall–Kier alpha value is -1.33. The van der Waals surface area contributed by atoms with E-state index in [0.717, 1.165) is 57.7 Å². The molecule has 2 fully saturated rings. The van der Waals surface area contributed by atoms with Crippen LogP contribution in [0.15, 0.2) is 23.0 Å². The number of aromatic nitrogens is 1. The highest BCUT2D eigenvalue weighted by molar-refractivity contribution is 5.85. The van der Waals surface area contributed by atoms with Crippen molar-refractivity contribution < 1.29 is 4.79 Å². The SMILES string of the molecule is Cl.O=C(C1CCNCC1)N1C[C@@H]2C[C@@H](C1)c1cccc(=O)n1C2. The number of rotatable bonds is 1. The van der Waals surface area contributed by atoms with Gasteiger partial charge < -0.3 is 14.8 Å². The molecule has 0 saturated carbocycles. The number of likely N-dealkylation sites (tertiary alicyclic amines) is 1. The molecule has 126 valence electrons. The smallest absolute Gasteiger partial charge is 0.250 e. The standard InChI is InChI=1S/C17H23N3O2.ClH/c21-16-3-1-2-15-14-8-12(10-20(15)16)9-19(11-14)17(22)13-4-6-18-7-5-13;/h1-3,12-14,18H,4-11H2;1H/t12-,14-;/m0./s1. The summed E-state index contributed by atoms with van der Waals surface area (Å²) in [6.07, 6.45) is 3.03. The topological polar surface area (TPSA) is 54.3 Å². The van der Waals surface area contributed by atoms with Crippen molar-refractivity contribution >= 4 is 18.3 Å². The van der Waals surface area contributed by atoms with Crippen LogP contribution in [0, 0.1) is 11.8 Å².